The zero-order valence-corrected chi connectivity index (χ0v) is 12.3. The summed E-state index contributed by atoms with van der Waals surface area (Å²) in [4.78, 5) is 13.4. The summed E-state index contributed by atoms with van der Waals surface area (Å²) in [5.41, 5.74) is 6.91. The molecule has 21 heavy (non-hydrogen) atoms. The number of primary amides is 1. The summed E-state index contributed by atoms with van der Waals surface area (Å²) in [7, 11) is 1.55. The van der Waals surface area contributed by atoms with Gasteiger partial charge in [0.05, 0.1) is 19.2 Å². The summed E-state index contributed by atoms with van der Waals surface area (Å²) in [6.45, 7) is 0.919. The molecule has 0 unspecified atom stereocenters. The number of benzene rings is 1. The minimum Gasteiger partial charge on any atom is -0.495 e. The van der Waals surface area contributed by atoms with Gasteiger partial charge in [-0.3, -0.25) is 9.69 Å². The molecule has 1 amide bonds. The van der Waals surface area contributed by atoms with Gasteiger partial charge in [0, 0.05) is 12.6 Å². The van der Waals surface area contributed by atoms with Crippen LogP contribution in [0.25, 0.3) is 0 Å². The molecular formula is C16H21N3O2. The first-order valence-electron chi connectivity index (χ1n) is 7.23. The van der Waals surface area contributed by atoms with E-state index in [9.17, 15) is 4.79 Å². The molecule has 0 saturated heterocycles. The van der Waals surface area contributed by atoms with Crippen molar-refractivity contribution in [1.82, 2.24) is 4.90 Å². The van der Waals surface area contributed by atoms with Crippen LogP contribution in [0.2, 0.25) is 0 Å². The molecule has 112 valence electrons. The Morgan fingerprint density at radius 2 is 2.19 bits per heavy atom. The normalized spacial score (nSPS) is 15.1. The Bertz CT molecular complexity index is 545. The molecule has 0 bridgehead atoms. The summed E-state index contributed by atoms with van der Waals surface area (Å²) in [5, 5.41) is 9.01. The zero-order chi connectivity index (χ0) is 15.2. The molecule has 5 nitrogen and oxygen atoms in total. The number of nitriles is 1. The highest BCUT2D eigenvalue weighted by Crippen LogP contribution is 2.26. The SMILES string of the molecule is COc1cc(CN(CC(N)=O)C2CCCC2)ccc1C#N. The number of nitrogens with zero attached hydrogens (tertiary/aromatic N) is 2. The van der Waals surface area contributed by atoms with E-state index in [1.54, 1.807) is 13.2 Å². The van der Waals surface area contributed by atoms with Crippen LogP contribution in [0.5, 0.6) is 5.75 Å². The molecule has 0 aliphatic heterocycles. The Labute approximate surface area is 125 Å². The number of carbonyl (C=O) groups excluding carboxylic acids is 1. The highest BCUT2D eigenvalue weighted by molar-refractivity contribution is 5.76. The zero-order valence-electron chi connectivity index (χ0n) is 12.3. The van der Waals surface area contributed by atoms with Gasteiger partial charge in [0.1, 0.15) is 11.8 Å². The molecule has 0 spiro atoms. The van der Waals surface area contributed by atoms with Gasteiger partial charge in [-0.05, 0) is 30.5 Å². The van der Waals surface area contributed by atoms with E-state index >= 15 is 0 Å². The summed E-state index contributed by atoms with van der Waals surface area (Å²) in [5.74, 6) is 0.267. The third kappa shape index (κ3) is 3.96. The number of carbonyl (C=O) groups is 1. The van der Waals surface area contributed by atoms with Crippen LogP contribution in [0, 0.1) is 11.3 Å². The summed E-state index contributed by atoms with van der Waals surface area (Å²) in [6, 6.07) is 8.04. The lowest BCUT2D eigenvalue weighted by Crippen LogP contribution is -2.39. The van der Waals surface area contributed by atoms with Gasteiger partial charge in [-0.25, -0.2) is 0 Å². The van der Waals surface area contributed by atoms with Gasteiger partial charge >= 0.3 is 0 Å². The van der Waals surface area contributed by atoms with Crippen LogP contribution >= 0.6 is 0 Å². The molecule has 0 aromatic heterocycles. The fourth-order valence-corrected chi connectivity index (χ4v) is 2.94. The second-order valence-electron chi connectivity index (χ2n) is 5.46. The van der Waals surface area contributed by atoms with Gasteiger partial charge in [-0.2, -0.15) is 5.26 Å². The van der Waals surface area contributed by atoms with Crippen molar-refractivity contribution in [1.29, 1.82) is 5.26 Å². The Balaban J connectivity index is 2.15. The number of nitrogens with two attached hydrogens (primary N) is 1. The predicted octanol–water partition coefficient (Wildman–Crippen LogP) is 1.80. The first-order chi connectivity index (χ1) is 10.1. The van der Waals surface area contributed by atoms with E-state index in [0.29, 0.717) is 23.9 Å². The molecule has 2 rings (SSSR count). The molecule has 0 radical (unpaired) electrons. The van der Waals surface area contributed by atoms with Gasteiger partial charge in [0.25, 0.3) is 0 Å². The third-order valence-corrected chi connectivity index (χ3v) is 3.97. The molecule has 0 atom stereocenters. The maximum Gasteiger partial charge on any atom is 0.231 e. The summed E-state index contributed by atoms with van der Waals surface area (Å²) < 4.78 is 5.23. The number of ether oxygens (including phenoxy) is 1. The lowest BCUT2D eigenvalue weighted by Gasteiger charge is -2.27. The van der Waals surface area contributed by atoms with E-state index in [-0.39, 0.29) is 12.5 Å². The van der Waals surface area contributed by atoms with Crippen LogP contribution < -0.4 is 10.5 Å². The maximum atomic E-state index is 11.3. The van der Waals surface area contributed by atoms with Crippen LogP contribution in [0.4, 0.5) is 0 Å². The minimum atomic E-state index is -0.303. The number of amides is 1. The van der Waals surface area contributed by atoms with E-state index in [0.717, 1.165) is 18.4 Å². The molecule has 5 heteroatoms. The topological polar surface area (TPSA) is 79.3 Å². The van der Waals surface area contributed by atoms with Crippen LogP contribution in [0.1, 0.15) is 36.8 Å². The van der Waals surface area contributed by atoms with Crippen LogP contribution in [0.15, 0.2) is 18.2 Å². The Kier molecular flexibility index (Phi) is 5.18. The average Bonchev–Trinajstić information content (AvgIpc) is 3.00. The van der Waals surface area contributed by atoms with E-state index < -0.39 is 0 Å². The van der Waals surface area contributed by atoms with Crippen molar-refractivity contribution in [2.45, 2.75) is 38.3 Å². The van der Waals surface area contributed by atoms with Crippen LogP contribution in [-0.4, -0.2) is 30.5 Å². The maximum absolute atomic E-state index is 11.3. The number of rotatable bonds is 6. The van der Waals surface area contributed by atoms with Crippen molar-refractivity contribution in [2.75, 3.05) is 13.7 Å². The third-order valence-electron chi connectivity index (χ3n) is 3.97. The minimum absolute atomic E-state index is 0.271. The molecule has 1 aliphatic carbocycles. The standard InChI is InChI=1S/C16H21N3O2/c1-21-15-8-12(6-7-13(15)9-17)10-19(11-16(18)20)14-4-2-3-5-14/h6-8,14H,2-5,10-11H2,1H3,(H2,18,20). The summed E-state index contributed by atoms with van der Waals surface area (Å²) >= 11 is 0. The quantitative estimate of drug-likeness (QED) is 0.865. The van der Waals surface area contributed by atoms with Crippen molar-refractivity contribution in [2.24, 2.45) is 5.73 Å². The van der Waals surface area contributed by atoms with Gasteiger partial charge < -0.3 is 10.5 Å². The molecule has 1 aromatic carbocycles. The molecule has 1 aliphatic rings. The molecule has 1 aromatic rings. The Morgan fingerprint density at radius 1 is 1.48 bits per heavy atom. The lowest BCUT2D eigenvalue weighted by atomic mass is 10.1. The average molecular weight is 287 g/mol. The Morgan fingerprint density at radius 3 is 2.76 bits per heavy atom. The van der Waals surface area contributed by atoms with E-state index in [1.165, 1.54) is 12.8 Å². The highest BCUT2D eigenvalue weighted by atomic mass is 16.5. The van der Waals surface area contributed by atoms with E-state index in [2.05, 4.69) is 11.0 Å². The molecular weight excluding hydrogens is 266 g/mol. The largest absolute Gasteiger partial charge is 0.495 e. The monoisotopic (exact) mass is 287 g/mol. The van der Waals surface area contributed by atoms with Crippen molar-refractivity contribution in [3.8, 4) is 11.8 Å². The van der Waals surface area contributed by atoms with Crippen molar-refractivity contribution >= 4 is 5.91 Å². The van der Waals surface area contributed by atoms with E-state index in [4.69, 9.17) is 15.7 Å². The fraction of sp³-hybridized carbons (Fsp3) is 0.500. The smallest absolute Gasteiger partial charge is 0.231 e. The van der Waals surface area contributed by atoms with Crippen LogP contribution in [0.3, 0.4) is 0 Å². The second kappa shape index (κ2) is 7.09. The number of hydrogen-bond acceptors (Lipinski definition) is 4. The second-order valence-corrected chi connectivity index (χ2v) is 5.46. The lowest BCUT2D eigenvalue weighted by molar-refractivity contribution is -0.119. The first kappa shape index (κ1) is 15.3. The summed E-state index contributed by atoms with van der Waals surface area (Å²) in [6.07, 6.45) is 4.63. The van der Waals surface area contributed by atoms with Gasteiger partial charge in [0.15, 0.2) is 0 Å². The predicted molar refractivity (Wildman–Crippen MR) is 79.6 cm³/mol. The fourth-order valence-electron chi connectivity index (χ4n) is 2.94. The highest BCUT2D eigenvalue weighted by Gasteiger charge is 2.24. The van der Waals surface area contributed by atoms with Crippen LogP contribution in [-0.2, 0) is 11.3 Å². The molecule has 1 saturated carbocycles. The van der Waals surface area contributed by atoms with Crippen molar-refractivity contribution < 1.29 is 9.53 Å². The van der Waals surface area contributed by atoms with Crippen molar-refractivity contribution in [3.63, 3.8) is 0 Å². The Hall–Kier alpha value is -2.06. The number of hydrogen-bond donors (Lipinski definition) is 1. The molecule has 2 N–H and O–H groups in total. The van der Waals surface area contributed by atoms with Gasteiger partial charge in [-0.15, -0.1) is 0 Å². The van der Waals surface area contributed by atoms with Crippen molar-refractivity contribution in [3.05, 3.63) is 29.3 Å². The molecule has 1 fully saturated rings. The number of methoxy groups -OCH3 is 1. The van der Waals surface area contributed by atoms with Gasteiger partial charge in [-0.1, -0.05) is 18.9 Å². The van der Waals surface area contributed by atoms with Gasteiger partial charge in [0.2, 0.25) is 5.91 Å². The first-order valence-corrected chi connectivity index (χ1v) is 7.23. The molecule has 0 heterocycles. The van der Waals surface area contributed by atoms with E-state index in [1.807, 2.05) is 12.1 Å².